The van der Waals surface area contributed by atoms with Crippen molar-refractivity contribution in [3.05, 3.63) is 45.7 Å². The minimum Gasteiger partial charge on any atom is -0.409 e. The van der Waals surface area contributed by atoms with Gasteiger partial charge in [-0.3, -0.25) is 0 Å². The van der Waals surface area contributed by atoms with Crippen LogP contribution in [0, 0.1) is 4.84 Å². The van der Waals surface area contributed by atoms with Crippen molar-refractivity contribution in [3.63, 3.8) is 0 Å². The number of hydrogen-bond donors (Lipinski definition) is 1. The Morgan fingerprint density at radius 1 is 1.12 bits per heavy atom. The molecule has 0 atom stereocenters. The van der Waals surface area contributed by atoms with Crippen LogP contribution in [0.2, 0.25) is 0 Å². The van der Waals surface area contributed by atoms with Crippen molar-refractivity contribution in [2.24, 2.45) is 0 Å². The summed E-state index contributed by atoms with van der Waals surface area (Å²) >= 11 is 8.30. The quantitative estimate of drug-likeness (QED) is 0.681. The zero-order valence-electron chi connectivity index (χ0n) is 8.61. The van der Waals surface area contributed by atoms with E-state index < -0.39 is 0 Å². The maximum Gasteiger partial charge on any atom is 0.284 e. The van der Waals surface area contributed by atoms with Gasteiger partial charge in [0.05, 0.1) is 0 Å². The van der Waals surface area contributed by atoms with Crippen molar-refractivity contribution >= 4 is 38.9 Å². The molecule has 0 aliphatic carbocycles. The monoisotopic (exact) mass is 306 g/mol. The Morgan fingerprint density at radius 2 is 1.88 bits per heavy atom. The van der Waals surface area contributed by atoms with Crippen LogP contribution in [-0.2, 0) is 0 Å². The molecular formula is C12H7BrN2OS. The van der Waals surface area contributed by atoms with Crippen LogP contribution in [-0.4, -0.2) is 10.2 Å². The minimum atomic E-state index is 0.288. The lowest BCUT2D eigenvalue weighted by molar-refractivity contribution is 0.552. The van der Waals surface area contributed by atoms with Crippen LogP contribution in [0.4, 0.5) is 0 Å². The van der Waals surface area contributed by atoms with Gasteiger partial charge in [-0.15, -0.1) is 5.10 Å². The number of nitrogens with one attached hydrogen (secondary N) is 1. The van der Waals surface area contributed by atoms with Crippen LogP contribution in [0.1, 0.15) is 0 Å². The summed E-state index contributed by atoms with van der Waals surface area (Å²) in [5.41, 5.74) is 0.909. The van der Waals surface area contributed by atoms with E-state index in [9.17, 15) is 0 Å². The van der Waals surface area contributed by atoms with Gasteiger partial charge in [0.2, 0.25) is 5.89 Å². The number of H-pyrrole nitrogens is 1. The van der Waals surface area contributed by atoms with E-state index in [1.165, 1.54) is 0 Å². The molecule has 1 heterocycles. The number of benzene rings is 2. The summed E-state index contributed by atoms with van der Waals surface area (Å²) in [4.78, 5) is 0.288. The van der Waals surface area contributed by atoms with Crippen LogP contribution in [0.25, 0.3) is 22.2 Å². The van der Waals surface area contributed by atoms with Gasteiger partial charge in [-0.2, -0.15) is 0 Å². The lowest BCUT2D eigenvalue weighted by atomic mass is 10.1. The highest BCUT2D eigenvalue weighted by Crippen LogP contribution is 2.25. The molecule has 2 aromatic carbocycles. The fraction of sp³-hybridized carbons (Fsp3) is 0. The summed E-state index contributed by atoms with van der Waals surface area (Å²) in [6.07, 6.45) is 0. The van der Waals surface area contributed by atoms with Crippen LogP contribution in [0.5, 0.6) is 0 Å². The number of hydrogen-bond acceptors (Lipinski definition) is 3. The van der Waals surface area contributed by atoms with E-state index in [2.05, 4.69) is 32.2 Å². The normalized spacial score (nSPS) is 10.9. The van der Waals surface area contributed by atoms with Crippen LogP contribution in [0.15, 0.2) is 45.3 Å². The summed E-state index contributed by atoms with van der Waals surface area (Å²) in [5.74, 6) is 0.514. The summed E-state index contributed by atoms with van der Waals surface area (Å²) in [7, 11) is 0. The molecule has 1 N–H and O–H groups in total. The molecule has 0 bridgehead atoms. The highest BCUT2D eigenvalue weighted by molar-refractivity contribution is 9.10. The van der Waals surface area contributed by atoms with Crippen LogP contribution >= 0.6 is 28.1 Å². The lowest BCUT2D eigenvalue weighted by Crippen LogP contribution is -1.79. The highest BCUT2D eigenvalue weighted by atomic mass is 79.9. The molecular weight excluding hydrogens is 300 g/mol. The number of aromatic amines is 1. The molecule has 3 rings (SSSR count). The summed E-state index contributed by atoms with van der Waals surface area (Å²) in [6.45, 7) is 0. The Balaban J connectivity index is 2.20. The van der Waals surface area contributed by atoms with Crippen LogP contribution in [0.3, 0.4) is 0 Å². The third-order valence-corrected chi connectivity index (χ3v) is 3.16. The number of aromatic nitrogens is 2. The van der Waals surface area contributed by atoms with E-state index >= 15 is 0 Å². The first-order chi connectivity index (χ1) is 8.22. The second-order valence-corrected chi connectivity index (χ2v) is 4.91. The van der Waals surface area contributed by atoms with Crippen molar-refractivity contribution in [2.45, 2.75) is 0 Å². The smallest absolute Gasteiger partial charge is 0.284 e. The van der Waals surface area contributed by atoms with Gasteiger partial charge in [-0.1, -0.05) is 28.1 Å². The molecule has 0 aliphatic heterocycles. The molecule has 0 radical (unpaired) electrons. The molecule has 84 valence electrons. The standard InChI is InChI=1S/C12H7BrN2OS/c13-10-4-3-7-5-9(2-1-8(7)6-10)11-14-15-12(17)16-11/h1-6H,(H,15,17). The summed E-state index contributed by atoms with van der Waals surface area (Å²) < 4.78 is 6.35. The molecule has 3 nitrogen and oxygen atoms in total. The fourth-order valence-electron chi connectivity index (χ4n) is 1.70. The van der Waals surface area contributed by atoms with Crippen LogP contribution < -0.4 is 0 Å². The Bertz CT molecular complexity index is 747. The Morgan fingerprint density at radius 3 is 2.65 bits per heavy atom. The SMILES string of the molecule is S=c1[nH]nc(-c2ccc3cc(Br)ccc3c2)o1. The first-order valence-corrected chi connectivity index (χ1v) is 6.18. The van der Waals surface area contributed by atoms with Gasteiger partial charge in [0.25, 0.3) is 4.84 Å². The number of rotatable bonds is 1. The average Bonchev–Trinajstić information content (AvgIpc) is 2.75. The van der Waals surface area contributed by atoms with E-state index in [4.69, 9.17) is 16.6 Å². The van der Waals surface area contributed by atoms with E-state index in [0.717, 1.165) is 20.8 Å². The Hall–Kier alpha value is -1.46. The maximum absolute atomic E-state index is 5.28. The molecule has 0 fully saturated rings. The molecule has 3 aromatic rings. The predicted molar refractivity (Wildman–Crippen MR) is 72.3 cm³/mol. The van der Waals surface area contributed by atoms with Gasteiger partial charge < -0.3 is 4.42 Å². The summed E-state index contributed by atoms with van der Waals surface area (Å²) in [6, 6.07) is 12.1. The van der Waals surface area contributed by atoms with Crippen molar-refractivity contribution in [1.82, 2.24) is 10.2 Å². The zero-order valence-corrected chi connectivity index (χ0v) is 11.0. The highest BCUT2D eigenvalue weighted by Gasteiger charge is 2.04. The van der Waals surface area contributed by atoms with E-state index in [0.29, 0.717) is 5.89 Å². The molecule has 0 spiro atoms. The van der Waals surface area contributed by atoms with Gasteiger partial charge in [-0.05, 0) is 47.3 Å². The lowest BCUT2D eigenvalue weighted by Gasteiger charge is -2.00. The maximum atomic E-state index is 5.28. The zero-order chi connectivity index (χ0) is 11.8. The summed E-state index contributed by atoms with van der Waals surface area (Å²) in [5, 5.41) is 8.92. The second kappa shape index (κ2) is 4.09. The third kappa shape index (κ3) is 2.03. The molecule has 0 amide bonds. The fourth-order valence-corrected chi connectivity index (χ4v) is 2.21. The van der Waals surface area contributed by atoms with Crippen molar-refractivity contribution in [1.29, 1.82) is 0 Å². The first kappa shape index (κ1) is 10.7. The molecule has 5 heteroatoms. The van der Waals surface area contributed by atoms with Gasteiger partial charge in [0.1, 0.15) is 0 Å². The first-order valence-electron chi connectivity index (χ1n) is 4.97. The predicted octanol–water partition coefficient (Wildman–Crippen LogP) is 4.31. The van der Waals surface area contributed by atoms with Gasteiger partial charge in [-0.25, -0.2) is 5.10 Å². The van der Waals surface area contributed by atoms with Gasteiger partial charge >= 0.3 is 0 Å². The van der Waals surface area contributed by atoms with E-state index in [1.54, 1.807) is 0 Å². The van der Waals surface area contributed by atoms with Crippen molar-refractivity contribution in [3.8, 4) is 11.5 Å². The largest absolute Gasteiger partial charge is 0.409 e. The van der Waals surface area contributed by atoms with Gasteiger partial charge in [0.15, 0.2) is 0 Å². The Labute approximate surface area is 111 Å². The van der Waals surface area contributed by atoms with E-state index in [1.807, 2.05) is 30.3 Å². The average molecular weight is 307 g/mol. The van der Waals surface area contributed by atoms with Gasteiger partial charge in [0, 0.05) is 10.0 Å². The third-order valence-electron chi connectivity index (χ3n) is 2.49. The molecule has 17 heavy (non-hydrogen) atoms. The molecule has 1 aromatic heterocycles. The molecule has 0 saturated heterocycles. The number of nitrogens with zero attached hydrogens (tertiary/aromatic N) is 1. The molecule has 0 saturated carbocycles. The Kier molecular flexibility index (Phi) is 2.57. The molecule has 0 unspecified atom stereocenters. The van der Waals surface area contributed by atoms with Crippen molar-refractivity contribution < 1.29 is 4.42 Å². The number of fused-ring (bicyclic) bond motifs is 1. The second-order valence-electron chi connectivity index (χ2n) is 3.62. The molecule has 0 aliphatic rings. The topological polar surface area (TPSA) is 41.8 Å². The number of halogens is 1. The minimum absolute atomic E-state index is 0.288. The van der Waals surface area contributed by atoms with Crippen molar-refractivity contribution in [2.75, 3.05) is 0 Å². The van der Waals surface area contributed by atoms with E-state index in [-0.39, 0.29) is 4.84 Å².